The number of hydrogen-bond donors (Lipinski definition) is 1. The van der Waals surface area contributed by atoms with Gasteiger partial charge in [-0.25, -0.2) is 8.42 Å². The second-order valence-corrected chi connectivity index (χ2v) is 7.16. The zero-order valence-corrected chi connectivity index (χ0v) is 13.1. The first-order valence-corrected chi connectivity index (χ1v) is 8.49. The molecule has 0 bridgehead atoms. The molecule has 2 aromatic rings. The van der Waals surface area contributed by atoms with E-state index in [1.165, 1.54) is 6.26 Å². The molecule has 0 aliphatic carbocycles. The van der Waals surface area contributed by atoms with Crippen molar-refractivity contribution in [2.45, 2.75) is 11.4 Å². The van der Waals surface area contributed by atoms with Crippen LogP contribution >= 0.6 is 23.2 Å². The minimum absolute atomic E-state index is 0.295. The summed E-state index contributed by atoms with van der Waals surface area (Å²) >= 11 is 12.0. The van der Waals surface area contributed by atoms with E-state index in [0.29, 0.717) is 21.5 Å². The molecule has 2 rings (SSSR count). The highest BCUT2D eigenvalue weighted by molar-refractivity contribution is 7.90. The average Bonchev–Trinajstić information content (AvgIpc) is 2.40. The van der Waals surface area contributed by atoms with Crippen LogP contribution in [0.2, 0.25) is 10.0 Å². The van der Waals surface area contributed by atoms with Gasteiger partial charge in [0.25, 0.3) is 0 Å². The second-order valence-electron chi connectivity index (χ2n) is 4.36. The normalized spacial score (nSPS) is 11.3. The van der Waals surface area contributed by atoms with E-state index >= 15 is 0 Å². The largest absolute Gasteiger partial charge is 0.381 e. The fraction of sp³-hybridized carbons (Fsp3) is 0.143. The van der Waals surface area contributed by atoms with Crippen LogP contribution in [0.25, 0.3) is 0 Å². The summed E-state index contributed by atoms with van der Waals surface area (Å²) in [7, 11) is -3.17. The molecule has 2 aromatic carbocycles. The van der Waals surface area contributed by atoms with Gasteiger partial charge in [0, 0.05) is 18.5 Å². The van der Waals surface area contributed by atoms with Crippen molar-refractivity contribution in [3.8, 4) is 0 Å². The van der Waals surface area contributed by atoms with Gasteiger partial charge in [0.2, 0.25) is 0 Å². The van der Waals surface area contributed by atoms with Gasteiger partial charge in [-0.1, -0.05) is 35.3 Å². The Morgan fingerprint density at radius 1 is 1.05 bits per heavy atom. The zero-order chi connectivity index (χ0) is 14.8. The van der Waals surface area contributed by atoms with Gasteiger partial charge in [0.1, 0.15) is 0 Å². The van der Waals surface area contributed by atoms with Gasteiger partial charge in [-0.3, -0.25) is 0 Å². The van der Waals surface area contributed by atoms with Gasteiger partial charge in [0.15, 0.2) is 9.84 Å². The Morgan fingerprint density at radius 2 is 1.70 bits per heavy atom. The van der Waals surface area contributed by atoms with E-state index in [1.54, 1.807) is 30.3 Å². The van der Waals surface area contributed by atoms with E-state index in [2.05, 4.69) is 5.32 Å². The maximum atomic E-state index is 11.4. The lowest BCUT2D eigenvalue weighted by molar-refractivity contribution is 0.602. The molecule has 106 valence electrons. The van der Waals surface area contributed by atoms with Gasteiger partial charge in [-0.05, 0) is 35.9 Å². The molecule has 0 aromatic heterocycles. The van der Waals surface area contributed by atoms with E-state index in [1.807, 2.05) is 12.1 Å². The summed E-state index contributed by atoms with van der Waals surface area (Å²) in [4.78, 5) is 0.295. The summed E-state index contributed by atoms with van der Waals surface area (Å²) in [6.45, 7) is 0.512. The number of benzene rings is 2. The SMILES string of the molecule is CS(=O)(=O)c1ccc(NCc2cccc(Cl)c2Cl)cc1. The smallest absolute Gasteiger partial charge is 0.175 e. The van der Waals surface area contributed by atoms with Crippen LogP contribution in [0, 0.1) is 0 Å². The highest BCUT2D eigenvalue weighted by Gasteiger charge is 2.07. The summed E-state index contributed by atoms with van der Waals surface area (Å²) in [6, 6.07) is 12.0. The van der Waals surface area contributed by atoms with Gasteiger partial charge < -0.3 is 5.32 Å². The lowest BCUT2D eigenvalue weighted by atomic mass is 10.2. The molecule has 0 radical (unpaired) electrons. The van der Waals surface area contributed by atoms with Gasteiger partial charge in [0.05, 0.1) is 14.9 Å². The van der Waals surface area contributed by atoms with Crippen LogP contribution in [0.5, 0.6) is 0 Å². The maximum absolute atomic E-state index is 11.4. The van der Waals surface area contributed by atoms with Crippen LogP contribution in [0.15, 0.2) is 47.4 Å². The number of hydrogen-bond acceptors (Lipinski definition) is 3. The molecule has 3 nitrogen and oxygen atoms in total. The van der Waals surface area contributed by atoms with E-state index in [9.17, 15) is 8.42 Å². The molecule has 0 atom stereocenters. The molecule has 1 N–H and O–H groups in total. The lowest BCUT2D eigenvalue weighted by Crippen LogP contribution is -2.01. The Balaban J connectivity index is 2.10. The third kappa shape index (κ3) is 3.66. The van der Waals surface area contributed by atoms with Crippen LogP contribution in [0.3, 0.4) is 0 Å². The summed E-state index contributed by atoms with van der Waals surface area (Å²) < 4.78 is 22.7. The van der Waals surface area contributed by atoms with Crippen LogP contribution in [0.4, 0.5) is 5.69 Å². The second kappa shape index (κ2) is 6.04. The molecule has 0 spiro atoms. The van der Waals surface area contributed by atoms with Crippen LogP contribution in [0.1, 0.15) is 5.56 Å². The van der Waals surface area contributed by atoms with Crippen molar-refractivity contribution in [2.75, 3.05) is 11.6 Å². The molecule has 0 aliphatic rings. The quantitative estimate of drug-likeness (QED) is 0.921. The fourth-order valence-electron chi connectivity index (χ4n) is 1.70. The molecule has 0 saturated carbocycles. The first kappa shape index (κ1) is 15.2. The van der Waals surface area contributed by atoms with Crippen molar-refractivity contribution in [3.05, 3.63) is 58.1 Å². The minimum atomic E-state index is -3.17. The zero-order valence-electron chi connectivity index (χ0n) is 10.7. The Labute approximate surface area is 128 Å². The molecule has 6 heteroatoms. The molecule has 0 unspecified atom stereocenters. The molecule has 20 heavy (non-hydrogen) atoms. The highest BCUT2D eigenvalue weighted by Crippen LogP contribution is 2.26. The molecular weight excluding hydrogens is 317 g/mol. The van der Waals surface area contributed by atoms with E-state index in [4.69, 9.17) is 23.2 Å². The average molecular weight is 330 g/mol. The number of halogens is 2. The summed E-state index contributed by atoms with van der Waals surface area (Å²) in [5.74, 6) is 0. The predicted octanol–water partition coefficient (Wildman–Crippen LogP) is 4.01. The molecular formula is C14H13Cl2NO2S. The van der Waals surface area contributed by atoms with E-state index in [0.717, 1.165) is 11.3 Å². The Hall–Kier alpha value is -1.23. The summed E-state index contributed by atoms with van der Waals surface area (Å²) in [5, 5.41) is 4.20. The first-order chi connectivity index (χ1) is 9.38. The van der Waals surface area contributed by atoms with Gasteiger partial charge in [-0.2, -0.15) is 0 Å². The molecule has 0 heterocycles. The van der Waals surface area contributed by atoms with Crippen LogP contribution in [-0.4, -0.2) is 14.7 Å². The minimum Gasteiger partial charge on any atom is -0.381 e. The third-order valence-corrected chi connectivity index (χ3v) is 4.78. The van der Waals surface area contributed by atoms with Crippen molar-refractivity contribution in [2.24, 2.45) is 0 Å². The Bertz CT molecular complexity index is 712. The molecule has 0 fully saturated rings. The monoisotopic (exact) mass is 329 g/mol. The van der Waals surface area contributed by atoms with E-state index < -0.39 is 9.84 Å². The van der Waals surface area contributed by atoms with Crippen molar-refractivity contribution >= 4 is 38.7 Å². The van der Waals surface area contributed by atoms with Crippen molar-refractivity contribution in [1.29, 1.82) is 0 Å². The Morgan fingerprint density at radius 3 is 2.30 bits per heavy atom. The molecule has 0 amide bonds. The first-order valence-electron chi connectivity index (χ1n) is 5.85. The summed E-state index contributed by atoms with van der Waals surface area (Å²) in [6.07, 6.45) is 1.18. The standard InChI is InChI=1S/C14H13Cl2NO2S/c1-20(18,19)12-7-5-11(6-8-12)17-9-10-3-2-4-13(15)14(10)16/h2-8,17H,9H2,1H3. The van der Waals surface area contributed by atoms with Crippen molar-refractivity contribution in [1.82, 2.24) is 0 Å². The number of rotatable bonds is 4. The topological polar surface area (TPSA) is 46.2 Å². The van der Waals surface area contributed by atoms with Crippen molar-refractivity contribution < 1.29 is 8.42 Å². The maximum Gasteiger partial charge on any atom is 0.175 e. The molecule has 0 aliphatic heterocycles. The van der Waals surface area contributed by atoms with Gasteiger partial charge in [-0.15, -0.1) is 0 Å². The van der Waals surface area contributed by atoms with Crippen LogP contribution in [-0.2, 0) is 16.4 Å². The third-order valence-electron chi connectivity index (χ3n) is 2.80. The number of nitrogens with one attached hydrogen (secondary N) is 1. The van der Waals surface area contributed by atoms with Crippen LogP contribution < -0.4 is 5.32 Å². The summed E-state index contributed by atoms with van der Waals surface area (Å²) in [5.41, 5.74) is 1.69. The Kier molecular flexibility index (Phi) is 4.58. The fourth-order valence-corrected chi connectivity index (χ4v) is 2.72. The lowest BCUT2D eigenvalue weighted by Gasteiger charge is -2.09. The predicted molar refractivity (Wildman–Crippen MR) is 83.3 cm³/mol. The number of sulfone groups is 1. The van der Waals surface area contributed by atoms with Crippen molar-refractivity contribution in [3.63, 3.8) is 0 Å². The highest BCUT2D eigenvalue weighted by atomic mass is 35.5. The number of anilines is 1. The molecule has 0 saturated heterocycles. The van der Waals surface area contributed by atoms with Gasteiger partial charge >= 0.3 is 0 Å². The van der Waals surface area contributed by atoms with E-state index in [-0.39, 0.29) is 0 Å².